The molecule has 21 heavy (non-hydrogen) atoms. The fraction of sp³-hybridized carbons (Fsp3) is 0.467. The van der Waals surface area contributed by atoms with E-state index in [4.69, 9.17) is 4.74 Å². The SMILES string of the molecule is CC(C)N1CCN(C(=O)COc2ccc(F)cc2)CC1=O. The number of piperazine rings is 1. The molecular formula is C15H19FN2O3. The molecule has 0 spiro atoms. The van der Waals surface area contributed by atoms with E-state index in [1.165, 1.54) is 29.2 Å². The molecule has 1 aromatic carbocycles. The second kappa shape index (κ2) is 6.56. The van der Waals surface area contributed by atoms with E-state index in [0.29, 0.717) is 18.8 Å². The van der Waals surface area contributed by atoms with E-state index in [1.807, 2.05) is 13.8 Å². The van der Waals surface area contributed by atoms with Gasteiger partial charge in [0.2, 0.25) is 5.91 Å². The van der Waals surface area contributed by atoms with Crippen LogP contribution in [0, 0.1) is 5.82 Å². The number of halogens is 1. The van der Waals surface area contributed by atoms with Gasteiger partial charge in [-0.1, -0.05) is 0 Å². The van der Waals surface area contributed by atoms with Crippen LogP contribution in [0.25, 0.3) is 0 Å². The highest BCUT2D eigenvalue weighted by Crippen LogP contribution is 2.12. The van der Waals surface area contributed by atoms with E-state index in [-0.39, 0.29) is 36.8 Å². The Hall–Kier alpha value is -2.11. The molecule has 0 N–H and O–H groups in total. The minimum absolute atomic E-state index is 0.0496. The second-order valence-corrected chi connectivity index (χ2v) is 5.24. The van der Waals surface area contributed by atoms with Gasteiger partial charge in [-0.15, -0.1) is 0 Å². The zero-order valence-electron chi connectivity index (χ0n) is 12.2. The molecule has 1 aliphatic rings. The maximum Gasteiger partial charge on any atom is 0.261 e. The summed E-state index contributed by atoms with van der Waals surface area (Å²) in [6.45, 7) is 4.89. The lowest BCUT2D eigenvalue weighted by atomic mass is 10.2. The molecule has 1 aliphatic heterocycles. The fourth-order valence-corrected chi connectivity index (χ4v) is 2.21. The van der Waals surface area contributed by atoms with Crippen molar-refractivity contribution in [2.75, 3.05) is 26.2 Å². The number of benzene rings is 1. The summed E-state index contributed by atoms with van der Waals surface area (Å²) in [4.78, 5) is 27.2. The molecule has 2 rings (SSSR count). The average Bonchev–Trinajstić information content (AvgIpc) is 2.45. The first-order chi connectivity index (χ1) is 9.97. The molecule has 1 fully saturated rings. The van der Waals surface area contributed by atoms with Crippen molar-refractivity contribution in [3.05, 3.63) is 30.1 Å². The normalized spacial score (nSPS) is 15.5. The quantitative estimate of drug-likeness (QED) is 0.840. The predicted molar refractivity (Wildman–Crippen MR) is 75.3 cm³/mol. The van der Waals surface area contributed by atoms with E-state index in [1.54, 1.807) is 4.90 Å². The summed E-state index contributed by atoms with van der Waals surface area (Å²) in [5.41, 5.74) is 0. The first-order valence-electron chi connectivity index (χ1n) is 6.93. The molecule has 1 heterocycles. The minimum Gasteiger partial charge on any atom is -0.484 e. The summed E-state index contributed by atoms with van der Waals surface area (Å²) in [5, 5.41) is 0. The van der Waals surface area contributed by atoms with Crippen LogP contribution in [-0.4, -0.2) is 53.9 Å². The van der Waals surface area contributed by atoms with Crippen LogP contribution in [0.15, 0.2) is 24.3 Å². The van der Waals surface area contributed by atoms with Crippen LogP contribution < -0.4 is 4.74 Å². The van der Waals surface area contributed by atoms with Gasteiger partial charge in [-0.25, -0.2) is 4.39 Å². The van der Waals surface area contributed by atoms with Crippen molar-refractivity contribution in [1.29, 1.82) is 0 Å². The number of carbonyl (C=O) groups excluding carboxylic acids is 2. The second-order valence-electron chi connectivity index (χ2n) is 5.24. The van der Waals surface area contributed by atoms with E-state index < -0.39 is 0 Å². The molecule has 0 bridgehead atoms. The number of ether oxygens (including phenoxy) is 1. The molecule has 1 saturated heterocycles. The van der Waals surface area contributed by atoms with Gasteiger partial charge in [0.25, 0.3) is 5.91 Å². The molecule has 5 nitrogen and oxygen atoms in total. The van der Waals surface area contributed by atoms with Crippen molar-refractivity contribution in [3.63, 3.8) is 0 Å². The van der Waals surface area contributed by atoms with Gasteiger partial charge in [0, 0.05) is 19.1 Å². The molecule has 1 aromatic rings. The van der Waals surface area contributed by atoms with Crippen LogP contribution in [-0.2, 0) is 9.59 Å². The Bertz CT molecular complexity index is 516. The van der Waals surface area contributed by atoms with Gasteiger partial charge < -0.3 is 14.5 Å². The Labute approximate surface area is 123 Å². The van der Waals surface area contributed by atoms with Gasteiger partial charge in [-0.2, -0.15) is 0 Å². The minimum atomic E-state index is -0.357. The van der Waals surface area contributed by atoms with Gasteiger partial charge >= 0.3 is 0 Å². The van der Waals surface area contributed by atoms with Crippen LogP contribution >= 0.6 is 0 Å². The third kappa shape index (κ3) is 3.93. The standard InChI is InChI=1S/C15H19FN2O3/c1-11(2)18-8-7-17(9-14(18)19)15(20)10-21-13-5-3-12(16)4-6-13/h3-6,11H,7-10H2,1-2H3. The number of nitrogens with zero attached hydrogens (tertiary/aromatic N) is 2. The molecule has 0 aliphatic carbocycles. The van der Waals surface area contributed by atoms with E-state index >= 15 is 0 Å². The van der Waals surface area contributed by atoms with Gasteiger partial charge in [0.1, 0.15) is 11.6 Å². The zero-order valence-corrected chi connectivity index (χ0v) is 12.2. The fourth-order valence-electron chi connectivity index (χ4n) is 2.21. The highest BCUT2D eigenvalue weighted by Gasteiger charge is 2.28. The van der Waals surface area contributed by atoms with Crippen LogP contribution in [0.3, 0.4) is 0 Å². The van der Waals surface area contributed by atoms with E-state index in [9.17, 15) is 14.0 Å². The van der Waals surface area contributed by atoms with Crippen molar-refractivity contribution < 1.29 is 18.7 Å². The third-order valence-corrected chi connectivity index (χ3v) is 3.41. The highest BCUT2D eigenvalue weighted by molar-refractivity contribution is 5.86. The highest BCUT2D eigenvalue weighted by atomic mass is 19.1. The first-order valence-corrected chi connectivity index (χ1v) is 6.93. The van der Waals surface area contributed by atoms with Crippen molar-refractivity contribution in [2.45, 2.75) is 19.9 Å². The maximum atomic E-state index is 12.7. The van der Waals surface area contributed by atoms with Gasteiger partial charge in [0.05, 0.1) is 6.54 Å². The summed E-state index contributed by atoms with van der Waals surface area (Å²) in [6.07, 6.45) is 0. The molecule has 2 amide bonds. The molecular weight excluding hydrogens is 275 g/mol. The van der Waals surface area contributed by atoms with Crippen molar-refractivity contribution in [2.24, 2.45) is 0 Å². The molecule has 0 atom stereocenters. The Morgan fingerprint density at radius 3 is 2.52 bits per heavy atom. The van der Waals surface area contributed by atoms with Crippen LogP contribution in [0.5, 0.6) is 5.75 Å². The monoisotopic (exact) mass is 294 g/mol. The van der Waals surface area contributed by atoms with Gasteiger partial charge in [-0.3, -0.25) is 9.59 Å². The summed E-state index contributed by atoms with van der Waals surface area (Å²) < 4.78 is 18.1. The number of carbonyl (C=O) groups is 2. The first kappa shape index (κ1) is 15.3. The lowest BCUT2D eigenvalue weighted by Crippen LogP contribution is -2.55. The Morgan fingerprint density at radius 2 is 1.95 bits per heavy atom. The van der Waals surface area contributed by atoms with E-state index in [0.717, 1.165) is 0 Å². The van der Waals surface area contributed by atoms with E-state index in [2.05, 4.69) is 0 Å². The summed E-state index contributed by atoms with van der Waals surface area (Å²) in [6, 6.07) is 5.61. The molecule has 0 radical (unpaired) electrons. The Morgan fingerprint density at radius 1 is 1.29 bits per heavy atom. The number of amides is 2. The van der Waals surface area contributed by atoms with Crippen molar-refractivity contribution in [1.82, 2.24) is 9.80 Å². The smallest absolute Gasteiger partial charge is 0.261 e. The Kier molecular flexibility index (Phi) is 4.77. The van der Waals surface area contributed by atoms with Crippen molar-refractivity contribution in [3.8, 4) is 5.75 Å². The summed E-state index contributed by atoms with van der Waals surface area (Å²) in [5.74, 6) is -0.219. The largest absolute Gasteiger partial charge is 0.484 e. The predicted octanol–water partition coefficient (Wildman–Crippen LogP) is 1.28. The molecule has 0 saturated carbocycles. The molecule has 0 unspecified atom stereocenters. The van der Waals surface area contributed by atoms with Crippen LogP contribution in [0.4, 0.5) is 4.39 Å². The third-order valence-electron chi connectivity index (χ3n) is 3.41. The number of hydrogen-bond acceptors (Lipinski definition) is 3. The number of hydrogen-bond donors (Lipinski definition) is 0. The van der Waals surface area contributed by atoms with Crippen molar-refractivity contribution >= 4 is 11.8 Å². The summed E-state index contributed by atoms with van der Waals surface area (Å²) in [7, 11) is 0. The lowest BCUT2D eigenvalue weighted by molar-refractivity contribution is -0.147. The topological polar surface area (TPSA) is 49.9 Å². The van der Waals surface area contributed by atoms with Crippen LogP contribution in [0.1, 0.15) is 13.8 Å². The maximum absolute atomic E-state index is 12.7. The van der Waals surface area contributed by atoms with Crippen LogP contribution in [0.2, 0.25) is 0 Å². The van der Waals surface area contributed by atoms with Gasteiger partial charge in [0.15, 0.2) is 6.61 Å². The molecule has 6 heteroatoms. The molecule has 114 valence electrons. The summed E-state index contributed by atoms with van der Waals surface area (Å²) >= 11 is 0. The lowest BCUT2D eigenvalue weighted by Gasteiger charge is -2.36. The average molecular weight is 294 g/mol. The van der Waals surface area contributed by atoms with Gasteiger partial charge in [-0.05, 0) is 38.1 Å². The Balaban J connectivity index is 1.84. The zero-order chi connectivity index (χ0) is 15.4. The molecule has 0 aromatic heterocycles. The number of rotatable bonds is 4.